The van der Waals surface area contributed by atoms with Crippen LogP contribution in [0.1, 0.15) is 41.3 Å². The Morgan fingerprint density at radius 3 is 2.62 bits per heavy atom. The van der Waals surface area contributed by atoms with Crippen LogP contribution in [0.4, 0.5) is 17.6 Å². The number of alkyl halides is 3. The van der Waals surface area contributed by atoms with E-state index in [-0.39, 0.29) is 39.3 Å². The van der Waals surface area contributed by atoms with Crippen molar-refractivity contribution in [1.82, 2.24) is 4.98 Å². The lowest BCUT2D eigenvalue weighted by atomic mass is 9.94. The van der Waals surface area contributed by atoms with Crippen LogP contribution in [0.3, 0.4) is 0 Å². The van der Waals surface area contributed by atoms with Crippen LogP contribution in [0.25, 0.3) is 22.2 Å². The minimum atomic E-state index is -4.55. The number of rotatable bonds is 2. The molecule has 7 heteroatoms. The quantitative estimate of drug-likeness (QED) is 0.550. The van der Waals surface area contributed by atoms with Gasteiger partial charge in [0.05, 0.1) is 11.1 Å². The fourth-order valence-electron chi connectivity index (χ4n) is 3.07. The predicted molar refractivity (Wildman–Crippen MR) is 85.8 cm³/mol. The number of nitrogens with zero attached hydrogens (tertiary/aromatic N) is 2. The first-order valence-electron chi connectivity index (χ1n) is 8.01. The molecule has 26 heavy (non-hydrogen) atoms. The van der Waals surface area contributed by atoms with Crippen molar-refractivity contribution in [2.75, 3.05) is 0 Å². The van der Waals surface area contributed by atoms with Crippen molar-refractivity contribution in [3.8, 4) is 17.2 Å². The summed E-state index contributed by atoms with van der Waals surface area (Å²) in [6.07, 6.45) is -2.78. The highest BCUT2D eigenvalue weighted by molar-refractivity contribution is 5.89. The zero-order chi connectivity index (χ0) is 18.6. The van der Waals surface area contributed by atoms with Crippen LogP contribution in [0.5, 0.6) is 0 Å². The van der Waals surface area contributed by atoms with Crippen LogP contribution in [-0.4, -0.2) is 4.98 Å². The molecule has 0 saturated heterocycles. The van der Waals surface area contributed by atoms with E-state index in [2.05, 4.69) is 4.98 Å². The first kappa shape index (κ1) is 16.6. The van der Waals surface area contributed by atoms with E-state index < -0.39 is 17.6 Å². The largest absolute Gasteiger partial charge is 0.437 e. The number of nitriles is 1. The molecule has 1 aliphatic carbocycles. The Hall–Kier alpha value is -2.88. The van der Waals surface area contributed by atoms with Crippen molar-refractivity contribution in [2.24, 2.45) is 0 Å². The highest BCUT2D eigenvalue weighted by atomic mass is 19.4. The standard InChI is InChI=1S/C19H12F4N2O/c1-9-13(8-24)16-17(26-18(25-16)10-5-6-10)15(20)14(9)11-3-2-4-12(7-11)19(21,22)23/h2-4,7,10H,5-6H2,1H3. The molecule has 0 unspecified atom stereocenters. The first-order chi connectivity index (χ1) is 12.3. The average Bonchev–Trinajstić information content (AvgIpc) is 3.34. The molecule has 0 N–H and O–H groups in total. The van der Waals surface area contributed by atoms with Crippen LogP contribution in [0.15, 0.2) is 28.7 Å². The maximum absolute atomic E-state index is 15.1. The van der Waals surface area contributed by atoms with E-state index in [1.807, 2.05) is 6.07 Å². The lowest BCUT2D eigenvalue weighted by Gasteiger charge is -2.12. The second kappa shape index (κ2) is 5.56. The van der Waals surface area contributed by atoms with Gasteiger partial charge in [-0.1, -0.05) is 12.1 Å². The lowest BCUT2D eigenvalue weighted by Crippen LogP contribution is -2.05. The van der Waals surface area contributed by atoms with Crippen molar-refractivity contribution >= 4 is 11.1 Å². The number of oxazole rings is 1. The summed E-state index contributed by atoms with van der Waals surface area (Å²) >= 11 is 0. The number of fused-ring (bicyclic) bond motifs is 1. The summed E-state index contributed by atoms with van der Waals surface area (Å²) in [7, 11) is 0. The van der Waals surface area contributed by atoms with E-state index in [1.54, 1.807) is 0 Å². The Bertz CT molecular complexity index is 1070. The van der Waals surface area contributed by atoms with Gasteiger partial charge in [0.25, 0.3) is 0 Å². The normalized spacial score (nSPS) is 14.6. The van der Waals surface area contributed by atoms with E-state index in [9.17, 15) is 18.4 Å². The molecule has 1 fully saturated rings. The molecule has 3 nitrogen and oxygen atoms in total. The second-order valence-electron chi connectivity index (χ2n) is 6.38. The molecule has 1 heterocycles. The minimum Gasteiger partial charge on any atom is -0.437 e. The molecule has 1 aliphatic rings. The molecule has 0 radical (unpaired) electrons. The van der Waals surface area contributed by atoms with Gasteiger partial charge in [0, 0.05) is 11.5 Å². The van der Waals surface area contributed by atoms with Crippen molar-refractivity contribution in [3.63, 3.8) is 0 Å². The molecule has 3 aromatic rings. The average molecular weight is 360 g/mol. The Morgan fingerprint density at radius 1 is 1.27 bits per heavy atom. The molecule has 0 bridgehead atoms. The Morgan fingerprint density at radius 2 is 2.00 bits per heavy atom. The van der Waals surface area contributed by atoms with Crippen molar-refractivity contribution in [1.29, 1.82) is 5.26 Å². The number of benzene rings is 2. The number of halogens is 4. The molecule has 0 aliphatic heterocycles. The van der Waals surface area contributed by atoms with Gasteiger partial charge < -0.3 is 4.42 Å². The molecule has 1 saturated carbocycles. The molecule has 0 spiro atoms. The molecule has 132 valence electrons. The third kappa shape index (κ3) is 2.53. The van der Waals surface area contributed by atoms with Gasteiger partial charge in [0.1, 0.15) is 11.6 Å². The van der Waals surface area contributed by atoms with Crippen LogP contribution in [-0.2, 0) is 6.18 Å². The summed E-state index contributed by atoms with van der Waals surface area (Å²) in [6.45, 7) is 1.50. The fraction of sp³-hybridized carbons (Fsp3) is 0.263. The first-order valence-corrected chi connectivity index (χ1v) is 8.01. The van der Waals surface area contributed by atoms with Crippen LogP contribution < -0.4 is 0 Å². The van der Waals surface area contributed by atoms with Gasteiger partial charge in [-0.3, -0.25) is 0 Å². The molecule has 0 amide bonds. The van der Waals surface area contributed by atoms with Gasteiger partial charge in [0.2, 0.25) is 0 Å². The molecule has 0 atom stereocenters. The monoisotopic (exact) mass is 360 g/mol. The van der Waals surface area contributed by atoms with Gasteiger partial charge in [-0.15, -0.1) is 0 Å². The van der Waals surface area contributed by atoms with E-state index in [1.165, 1.54) is 19.1 Å². The van der Waals surface area contributed by atoms with Crippen LogP contribution in [0, 0.1) is 24.1 Å². The zero-order valence-electron chi connectivity index (χ0n) is 13.6. The topological polar surface area (TPSA) is 49.8 Å². The van der Waals surface area contributed by atoms with Gasteiger partial charge in [0.15, 0.2) is 17.3 Å². The SMILES string of the molecule is Cc1c(-c2cccc(C(F)(F)F)c2)c(F)c2oc(C3CC3)nc2c1C#N. The maximum Gasteiger partial charge on any atom is 0.416 e. The third-order valence-electron chi connectivity index (χ3n) is 4.57. The molecular formula is C19H12F4N2O. The Labute approximate surface area is 145 Å². The molecular weight excluding hydrogens is 348 g/mol. The van der Waals surface area contributed by atoms with E-state index in [0.717, 1.165) is 25.0 Å². The van der Waals surface area contributed by atoms with Crippen molar-refractivity contribution < 1.29 is 22.0 Å². The molecule has 1 aromatic heterocycles. The van der Waals surface area contributed by atoms with E-state index >= 15 is 4.39 Å². The van der Waals surface area contributed by atoms with Crippen molar-refractivity contribution in [2.45, 2.75) is 31.9 Å². The van der Waals surface area contributed by atoms with Crippen molar-refractivity contribution in [3.05, 3.63) is 52.7 Å². The smallest absolute Gasteiger partial charge is 0.416 e. The van der Waals surface area contributed by atoms with E-state index in [4.69, 9.17) is 4.42 Å². The predicted octanol–water partition coefficient (Wildman–Crippen LogP) is 5.71. The third-order valence-corrected chi connectivity index (χ3v) is 4.57. The Balaban J connectivity index is 2.00. The van der Waals surface area contributed by atoms with Gasteiger partial charge >= 0.3 is 6.18 Å². The van der Waals surface area contributed by atoms with Gasteiger partial charge in [-0.05, 0) is 43.0 Å². The number of hydrogen-bond acceptors (Lipinski definition) is 3. The molecule has 2 aromatic carbocycles. The summed E-state index contributed by atoms with van der Waals surface area (Å²) < 4.78 is 59.7. The highest BCUT2D eigenvalue weighted by Crippen LogP contribution is 2.43. The number of hydrogen-bond donors (Lipinski definition) is 0. The Kier molecular flexibility index (Phi) is 3.55. The summed E-state index contributed by atoms with van der Waals surface area (Å²) in [5.74, 6) is -0.308. The van der Waals surface area contributed by atoms with Gasteiger partial charge in [-0.2, -0.15) is 18.4 Å². The van der Waals surface area contributed by atoms with Gasteiger partial charge in [-0.25, -0.2) is 9.37 Å². The van der Waals surface area contributed by atoms with E-state index in [0.29, 0.717) is 5.89 Å². The summed E-state index contributed by atoms with van der Waals surface area (Å²) in [5, 5.41) is 9.49. The fourth-order valence-corrected chi connectivity index (χ4v) is 3.07. The molecule has 4 rings (SSSR count). The number of aromatic nitrogens is 1. The lowest BCUT2D eigenvalue weighted by molar-refractivity contribution is -0.137. The highest BCUT2D eigenvalue weighted by Gasteiger charge is 2.33. The van der Waals surface area contributed by atoms with Crippen LogP contribution >= 0.6 is 0 Å². The summed E-state index contributed by atoms with van der Waals surface area (Å²) in [6, 6.07) is 6.36. The second-order valence-corrected chi connectivity index (χ2v) is 6.38. The zero-order valence-corrected chi connectivity index (χ0v) is 13.6. The van der Waals surface area contributed by atoms with Crippen LogP contribution in [0.2, 0.25) is 0 Å². The summed E-state index contributed by atoms with van der Waals surface area (Å²) in [4.78, 5) is 4.25. The maximum atomic E-state index is 15.1. The minimum absolute atomic E-state index is 0.0394. The summed E-state index contributed by atoms with van der Waals surface area (Å²) in [5.41, 5.74) is -0.613.